The van der Waals surface area contributed by atoms with Gasteiger partial charge in [0.2, 0.25) is 0 Å². The van der Waals surface area contributed by atoms with E-state index in [2.05, 4.69) is 36.4 Å². The zero-order chi connectivity index (χ0) is 15.6. The standard InChI is InChI=1S/C20H12N2O/c1-11(23)13-8-9-16-17(10-13)22-20-15-7-3-5-12-4-2-6-14(18(12)15)19(20)21-16/h2-10H,1H3. The van der Waals surface area contributed by atoms with Gasteiger partial charge in [0.1, 0.15) is 0 Å². The van der Waals surface area contributed by atoms with Crippen LogP contribution in [0.4, 0.5) is 0 Å². The molecule has 108 valence electrons. The minimum atomic E-state index is 0.0413. The highest BCUT2D eigenvalue weighted by molar-refractivity contribution is 6.14. The summed E-state index contributed by atoms with van der Waals surface area (Å²) in [6.07, 6.45) is 0. The Labute approximate surface area is 132 Å². The molecule has 23 heavy (non-hydrogen) atoms. The van der Waals surface area contributed by atoms with Crippen molar-refractivity contribution in [3.8, 4) is 22.5 Å². The van der Waals surface area contributed by atoms with Crippen molar-refractivity contribution in [3.05, 3.63) is 60.2 Å². The highest BCUT2D eigenvalue weighted by atomic mass is 16.1. The van der Waals surface area contributed by atoms with Gasteiger partial charge in [-0.05, 0) is 30.5 Å². The first-order valence-corrected chi connectivity index (χ1v) is 7.57. The van der Waals surface area contributed by atoms with Gasteiger partial charge in [-0.15, -0.1) is 0 Å². The highest BCUT2D eigenvalue weighted by Crippen LogP contribution is 2.45. The predicted molar refractivity (Wildman–Crippen MR) is 91.5 cm³/mol. The van der Waals surface area contributed by atoms with E-state index in [0.29, 0.717) is 5.56 Å². The molecule has 0 radical (unpaired) electrons. The number of hydrogen-bond acceptors (Lipinski definition) is 3. The summed E-state index contributed by atoms with van der Waals surface area (Å²) in [6, 6.07) is 18.0. The van der Waals surface area contributed by atoms with Crippen molar-refractivity contribution in [1.82, 2.24) is 9.97 Å². The molecule has 0 aliphatic heterocycles. The van der Waals surface area contributed by atoms with Crippen LogP contribution in [0.25, 0.3) is 44.3 Å². The van der Waals surface area contributed by atoms with Crippen molar-refractivity contribution >= 4 is 27.6 Å². The average Bonchev–Trinajstić information content (AvgIpc) is 2.88. The van der Waals surface area contributed by atoms with E-state index in [1.165, 1.54) is 10.8 Å². The summed E-state index contributed by atoms with van der Waals surface area (Å²) in [7, 11) is 0. The van der Waals surface area contributed by atoms with Crippen LogP contribution in [-0.2, 0) is 0 Å². The number of rotatable bonds is 1. The smallest absolute Gasteiger partial charge is 0.159 e. The molecule has 3 nitrogen and oxygen atoms in total. The summed E-state index contributed by atoms with van der Waals surface area (Å²) < 4.78 is 0. The number of fused-ring (bicyclic) bond motifs is 4. The number of benzene rings is 3. The van der Waals surface area contributed by atoms with Gasteiger partial charge >= 0.3 is 0 Å². The second-order valence-electron chi connectivity index (χ2n) is 5.89. The molecule has 0 bridgehead atoms. The summed E-state index contributed by atoms with van der Waals surface area (Å²) >= 11 is 0. The fraction of sp³-hybridized carbons (Fsp3) is 0.0500. The second-order valence-corrected chi connectivity index (χ2v) is 5.89. The van der Waals surface area contributed by atoms with E-state index in [1.807, 2.05) is 18.2 Å². The molecule has 4 aromatic rings. The third-order valence-corrected chi connectivity index (χ3v) is 4.49. The molecule has 0 fully saturated rings. The van der Waals surface area contributed by atoms with Crippen LogP contribution in [-0.4, -0.2) is 15.8 Å². The minimum Gasteiger partial charge on any atom is -0.295 e. The molecule has 3 heteroatoms. The molecular formula is C20H12N2O. The molecule has 1 aliphatic carbocycles. The Morgan fingerprint density at radius 3 is 2.13 bits per heavy atom. The van der Waals surface area contributed by atoms with E-state index >= 15 is 0 Å². The molecule has 1 aliphatic rings. The number of aromatic nitrogens is 2. The van der Waals surface area contributed by atoms with E-state index in [9.17, 15) is 4.79 Å². The van der Waals surface area contributed by atoms with Gasteiger partial charge in [0.15, 0.2) is 5.78 Å². The van der Waals surface area contributed by atoms with Crippen LogP contribution >= 0.6 is 0 Å². The van der Waals surface area contributed by atoms with Crippen LogP contribution < -0.4 is 0 Å². The van der Waals surface area contributed by atoms with Crippen LogP contribution in [0.5, 0.6) is 0 Å². The van der Waals surface area contributed by atoms with Gasteiger partial charge in [-0.3, -0.25) is 4.79 Å². The average molecular weight is 296 g/mol. The van der Waals surface area contributed by atoms with Crippen molar-refractivity contribution < 1.29 is 4.79 Å². The lowest BCUT2D eigenvalue weighted by molar-refractivity contribution is 0.101. The molecular weight excluding hydrogens is 284 g/mol. The Morgan fingerprint density at radius 1 is 0.826 bits per heavy atom. The van der Waals surface area contributed by atoms with E-state index in [1.54, 1.807) is 6.92 Å². The number of carbonyl (C=O) groups excluding carboxylic acids is 1. The lowest BCUT2D eigenvalue weighted by atomic mass is 10.0. The van der Waals surface area contributed by atoms with Crippen molar-refractivity contribution in [1.29, 1.82) is 0 Å². The van der Waals surface area contributed by atoms with Crippen molar-refractivity contribution in [2.75, 3.05) is 0 Å². The molecule has 0 atom stereocenters. The van der Waals surface area contributed by atoms with Crippen LogP contribution in [0.1, 0.15) is 17.3 Å². The first-order chi connectivity index (χ1) is 11.2. The summed E-state index contributed by atoms with van der Waals surface area (Å²) in [6.45, 7) is 1.57. The second kappa shape index (κ2) is 4.23. The fourth-order valence-corrected chi connectivity index (χ4v) is 3.38. The third kappa shape index (κ3) is 1.62. The third-order valence-electron chi connectivity index (χ3n) is 4.49. The number of hydrogen-bond donors (Lipinski definition) is 0. The SMILES string of the molecule is CC(=O)c1ccc2nc3c(nc2c1)-c1cccc2cccc-3c12. The first-order valence-electron chi connectivity index (χ1n) is 7.57. The van der Waals surface area contributed by atoms with Gasteiger partial charge in [-0.2, -0.15) is 0 Å². The maximum atomic E-state index is 11.6. The Hall–Kier alpha value is -3.07. The van der Waals surface area contributed by atoms with Crippen LogP contribution in [0.15, 0.2) is 54.6 Å². The molecule has 5 rings (SSSR count). The lowest BCUT2D eigenvalue weighted by Gasteiger charge is -2.04. The van der Waals surface area contributed by atoms with Gasteiger partial charge in [-0.1, -0.05) is 36.4 Å². The number of nitrogens with zero attached hydrogens (tertiary/aromatic N) is 2. The van der Waals surface area contributed by atoms with E-state index in [-0.39, 0.29) is 5.78 Å². The van der Waals surface area contributed by atoms with Crippen molar-refractivity contribution in [2.45, 2.75) is 6.92 Å². The normalized spacial score (nSPS) is 11.9. The van der Waals surface area contributed by atoms with Gasteiger partial charge in [0, 0.05) is 22.1 Å². The molecule has 0 N–H and O–H groups in total. The van der Waals surface area contributed by atoms with Gasteiger partial charge < -0.3 is 0 Å². The topological polar surface area (TPSA) is 42.9 Å². The molecule has 0 amide bonds. The van der Waals surface area contributed by atoms with E-state index in [4.69, 9.17) is 9.97 Å². The molecule has 0 saturated heterocycles. The maximum absolute atomic E-state index is 11.6. The number of carbonyl (C=O) groups is 1. The zero-order valence-electron chi connectivity index (χ0n) is 12.5. The number of Topliss-reactive ketones (excluding diaryl/α,β-unsaturated/α-hetero) is 1. The first kappa shape index (κ1) is 12.5. The zero-order valence-corrected chi connectivity index (χ0v) is 12.5. The molecule has 1 aromatic heterocycles. The minimum absolute atomic E-state index is 0.0413. The summed E-state index contributed by atoms with van der Waals surface area (Å²) in [5.74, 6) is 0.0413. The summed E-state index contributed by atoms with van der Waals surface area (Å²) in [5, 5.41) is 2.42. The molecule has 0 spiro atoms. The van der Waals surface area contributed by atoms with Crippen LogP contribution in [0, 0.1) is 0 Å². The van der Waals surface area contributed by atoms with Crippen molar-refractivity contribution in [3.63, 3.8) is 0 Å². The Balaban J connectivity index is 1.90. The fourth-order valence-electron chi connectivity index (χ4n) is 3.38. The predicted octanol–water partition coefficient (Wildman–Crippen LogP) is 4.63. The molecule has 1 heterocycles. The highest BCUT2D eigenvalue weighted by Gasteiger charge is 2.24. The monoisotopic (exact) mass is 296 g/mol. The summed E-state index contributed by atoms with van der Waals surface area (Å²) in [5.41, 5.74) is 6.35. The van der Waals surface area contributed by atoms with Gasteiger partial charge in [0.05, 0.1) is 22.4 Å². The van der Waals surface area contributed by atoms with E-state index < -0.39 is 0 Å². The quantitative estimate of drug-likeness (QED) is 0.423. The van der Waals surface area contributed by atoms with Crippen LogP contribution in [0.2, 0.25) is 0 Å². The van der Waals surface area contributed by atoms with Crippen molar-refractivity contribution in [2.24, 2.45) is 0 Å². The summed E-state index contributed by atoms with van der Waals surface area (Å²) in [4.78, 5) is 21.3. The largest absolute Gasteiger partial charge is 0.295 e. The van der Waals surface area contributed by atoms with E-state index in [0.717, 1.165) is 33.5 Å². The lowest BCUT2D eigenvalue weighted by Crippen LogP contribution is -1.95. The van der Waals surface area contributed by atoms with Crippen LogP contribution in [0.3, 0.4) is 0 Å². The maximum Gasteiger partial charge on any atom is 0.159 e. The molecule has 0 unspecified atom stereocenters. The Bertz CT molecular complexity index is 1140. The number of ketones is 1. The Kier molecular flexibility index (Phi) is 2.29. The molecule has 0 saturated carbocycles. The van der Waals surface area contributed by atoms with Gasteiger partial charge in [0.25, 0.3) is 0 Å². The molecule has 3 aromatic carbocycles. The van der Waals surface area contributed by atoms with Gasteiger partial charge in [-0.25, -0.2) is 9.97 Å². The Morgan fingerprint density at radius 2 is 1.48 bits per heavy atom.